The lowest BCUT2D eigenvalue weighted by Gasteiger charge is -2.16. The van der Waals surface area contributed by atoms with Gasteiger partial charge in [-0.1, -0.05) is 0 Å². The number of carbonyl (C=O) groups excluding carboxylic acids is 2. The van der Waals surface area contributed by atoms with Gasteiger partial charge in [0, 0.05) is 30.5 Å². The zero-order chi connectivity index (χ0) is 14.9. The number of benzene rings is 1. The molecule has 1 amide bonds. The molecular formula is C13H13ClN2O4. The predicted molar refractivity (Wildman–Crippen MR) is 74.3 cm³/mol. The Hall–Kier alpha value is -1.95. The third-order valence-electron chi connectivity index (χ3n) is 3.29. The Morgan fingerprint density at radius 1 is 1.55 bits per heavy atom. The molecule has 0 bridgehead atoms. The highest BCUT2D eigenvalue weighted by molar-refractivity contribution is 6.18. The molecule has 106 valence electrons. The Morgan fingerprint density at radius 2 is 2.25 bits per heavy atom. The van der Waals surface area contributed by atoms with E-state index in [2.05, 4.69) is 0 Å². The Kier molecular flexibility index (Phi) is 4.04. The normalized spacial score (nSPS) is 18.4. The van der Waals surface area contributed by atoms with Crippen LogP contribution in [0.2, 0.25) is 0 Å². The van der Waals surface area contributed by atoms with E-state index < -0.39 is 4.92 Å². The van der Waals surface area contributed by atoms with E-state index in [1.165, 1.54) is 30.0 Å². The number of alkyl halides is 1. The van der Waals surface area contributed by atoms with Gasteiger partial charge in [-0.3, -0.25) is 19.7 Å². The van der Waals surface area contributed by atoms with Crippen LogP contribution >= 0.6 is 11.6 Å². The molecule has 0 radical (unpaired) electrons. The van der Waals surface area contributed by atoms with Crippen molar-refractivity contribution in [2.75, 3.05) is 17.3 Å². The summed E-state index contributed by atoms with van der Waals surface area (Å²) in [6, 6.07) is 4.15. The Labute approximate surface area is 120 Å². The zero-order valence-corrected chi connectivity index (χ0v) is 11.6. The van der Waals surface area contributed by atoms with Crippen LogP contribution in [0.4, 0.5) is 11.4 Å². The standard InChI is InChI=1S/C13H13ClN2O4/c1-8(17)10-2-3-11(12(5-10)16(19)20)15-7-9(6-14)4-13(15)18/h2-3,5,9H,4,6-7H2,1H3. The minimum atomic E-state index is -0.580. The maximum Gasteiger partial charge on any atom is 0.293 e. The van der Waals surface area contributed by atoms with Gasteiger partial charge in [0.1, 0.15) is 5.69 Å². The number of Topliss-reactive ketones (excluding diaryl/α,β-unsaturated/α-hetero) is 1. The summed E-state index contributed by atoms with van der Waals surface area (Å²) in [6.07, 6.45) is 0.287. The lowest BCUT2D eigenvalue weighted by atomic mass is 10.1. The number of nitro benzene ring substituents is 1. The Bertz CT molecular complexity index is 588. The number of ketones is 1. The highest BCUT2D eigenvalue weighted by Crippen LogP contribution is 2.34. The van der Waals surface area contributed by atoms with Crippen LogP contribution in [-0.2, 0) is 4.79 Å². The van der Waals surface area contributed by atoms with Gasteiger partial charge < -0.3 is 4.90 Å². The fourth-order valence-corrected chi connectivity index (χ4v) is 2.44. The van der Waals surface area contributed by atoms with Gasteiger partial charge in [-0.25, -0.2) is 0 Å². The van der Waals surface area contributed by atoms with Gasteiger partial charge in [-0.05, 0) is 25.0 Å². The number of nitrogens with zero attached hydrogens (tertiary/aromatic N) is 2. The van der Waals surface area contributed by atoms with Gasteiger partial charge in [0.25, 0.3) is 5.69 Å². The third kappa shape index (κ3) is 2.65. The summed E-state index contributed by atoms with van der Waals surface area (Å²) in [7, 11) is 0. The van der Waals surface area contributed by atoms with Crippen LogP contribution in [0.5, 0.6) is 0 Å². The van der Waals surface area contributed by atoms with Crippen molar-refractivity contribution in [3.05, 3.63) is 33.9 Å². The van der Waals surface area contributed by atoms with E-state index in [1.807, 2.05) is 0 Å². The van der Waals surface area contributed by atoms with Crippen LogP contribution in [0.1, 0.15) is 23.7 Å². The summed E-state index contributed by atoms with van der Waals surface area (Å²) in [5.74, 6) is -0.113. The Morgan fingerprint density at radius 3 is 2.75 bits per heavy atom. The van der Waals surface area contributed by atoms with Crippen molar-refractivity contribution in [1.29, 1.82) is 0 Å². The van der Waals surface area contributed by atoms with Crippen molar-refractivity contribution in [3.8, 4) is 0 Å². The molecular weight excluding hydrogens is 284 g/mol. The van der Waals surface area contributed by atoms with Crippen molar-refractivity contribution >= 4 is 34.7 Å². The summed E-state index contributed by atoms with van der Waals surface area (Å²) < 4.78 is 0. The van der Waals surface area contributed by atoms with E-state index in [0.29, 0.717) is 12.4 Å². The van der Waals surface area contributed by atoms with Crippen molar-refractivity contribution in [3.63, 3.8) is 0 Å². The first kappa shape index (κ1) is 14.5. The first-order valence-corrected chi connectivity index (χ1v) is 6.63. The van der Waals surface area contributed by atoms with Crippen LogP contribution in [0.15, 0.2) is 18.2 Å². The van der Waals surface area contributed by atoms with Crippen LogP contribution in [-0.4, -0.2) is 29.0 Å². The van der Waals surface area contributed by atoms with Gasteiger partial charge in [-0.15, -0.1) is 11.6 Å². The second kappa shape index (κ2) is 5.58. The number of rotatable bonds is 4. The molecule has 6 nitrogen and oxygen atoms in total. The van der Waals surface area contributed by atoms with E-state index in [0.717, 1.165) is 0 Å². The topological polar surface area (TPSA) is 80.5 Å². The molecule has 1 fully saturated rings. The number of carbonyl (C=O) groups is 2. The van der Waals surface area contributed by atoms with Crippen molar-refractivity contribution < 1.29 is 14.5 Å². The second-order valence-corrected chi connectivity index (χ2v) is 5.05. The maximum absolute atomic E-state index is 11.9. The molecule has 1 aromatic carbocycles. The monoisotopic (exact) mass is 296 g/mol. The van der Waals surface area contributed by atoms with Crippen LogP contribution < -0.4 is 4.90 Å². The number of amides is 1. The number of hydrogen-bond donors (Lipinski definition) is 0. The van der Waals surface area contributed by atoms with Crippen LogP contribution in [0.3, 0.4) is 0 Å². The van der Waals surface area contributed by atoms with E-state index in [1.54, 1.807) is 0 Å². The number of anilines is 1. The van der Waals surface area contributed by atoms with Crippen LogP contribution in [0, 0.1) is 16.0 Å². The molecule has 0 aromatic heterocycles. The largest absolute Gasteiger partial charge is 0.306 e. The molecule has 2 rings (SSSR count). The fraction of sp³-hybridized carbons (Fsp3) is 0.385. The molecule has 0 saturated carbocycles. The minimum Gasteiger partial charge on any atom is -0.306 e. The smallest absolute Gasteiger partial charge is 0.293 e. The summed E-state index contributed by atoms with van der Waals surface area (Å²) in [4.78, 5) is 35.1. The SMILES string of the molecule is CC(=O)c1ccc(N2CC(CCl)CC2=O)c([N+](=O)[O-])c1. The molecule has 1 unspecified atom stereocenters. The van der Waals surface area contributed by atoms with E-state index >= 15 is 0 Å². The number of nitro groups is 1. The predicted octanol–water partition coefficient (Wildman–Crippen LogP) is 2.39. The average molecular weight is 297 g/mol. The fourth-order valence-electron chi connectivity index (χ4n) is 2.23. The van der Waals surface area contributed by atoms with Crippen molar-refractivity contribution in [1.82, 2.24) is 0 Å². The quantitative estimate of drug-likeness (QED) is 0.370. The molecule has 1 aliphatic heterocycles. The molecule has 1 aliphatic rings. The van der Waals surface area contributed by atoms with Gasteiger partial charge >= 0.3 is 0 Å². The Balaban J connectivity index is 2.44. The summed E-state index contributed by atoms with van der Waals surface area (Å²) >= 11 is 5.74. The lowest BCUT2D eigenvalue weighted by Crippen LogP contribution is -2.25. The number of halogens is 1. The summed E-state index contributed by atoms with van der Waals surface area (Å²) in [6.45, 7) is 1.70. The number of hydrogen-bond acceptors (Lipinski definition) is 4. The molecule has 0 aliphatic carbocycles. The summed E-state index contributed by atoms with van der Waals surface area (Å²) in [5.41, 5.74) is 0.236. The first-order valence-electron chi connectivity index (χ1n) is 6.09. The highest BCUT2D eigenvalue weighted by atomic mass is 35.5. The second-order valence-electron chi connectivity index (χ2n) is 4.75. The molecule has 1 atom stereocenters. The molecule has 1 aromatic rings. The van der Waals surface area contributed by atoms with Crippen molar-refractivity contribution in [2.24, 2.45) is 5.92 Å². The first-order chi connectivity index (χ1) is 9.43. The van der Waals surface area contributed by atoms with Gasteiger partial charge in [-0.2, -0.15) is 0 Å². The maximum atomic E-state index is 11.9. The van der Waals surface area contributed by atoms with E-state index in [9.17, 15) is 19.7 Å². The van der Waals surface area contributed by atoms with Crippen molar-refractivity contribution in [2.45, 2.75) is 13.3 Å². The van der Waals surface area contributed by atoms with E-state index in [4.69, 9.17) is 11.6 Å². The van der Waals surface area contributed by atoms with Gasteiger partial charge in [0.05, 0.1) is 4.92 Å². The van der Waals surface area contributed by atoms with E-state index in [-0.39, 0.29) is 41.0 Å². The summed E-state index contributed by atoms with van der Waals surface area (Å²) in [5, 5.41) is 11.1. The molecule has 0 N–H and O–H groups in total. The average Bonchev–Trinajstić information content (AvgIpc) is 2.79. The zero-order valence-electron chi connectivity index (χ0n) is 10.8. The minimum absolute atomic E-state index is 0.00347. The molecule has 1 saturated heterocycles. The molecule has 1 heterocycles. The highest BCUT2D eigenvalue weighted by Gasteiger charge is 2.33. The molecule has 0 spiro atoms. The molecule has 20 heavy (non-hydrogen) atoms. The van der Waals surface area contributed by atoms with Gasteiger partial charge in [0.15, 0.2) is 5.78 Å². The lowest BCUT2D eigenvalue weighted by molar-refractivity contribution is -0.384. The third-order valence-corrected chi connectivity index (χ3v) is 3.73. The molecule has 7 heteroatoms. The van der Waals surface area contributed by atoms with Crippen LogP contribution in [0.25, 0.3) is 0 Å². The van der Waals surface area contributed by atoms with Gasteiger partial charge in [0.2, 0.25) is 5.91 Å².